The van der Waals surface area contributed by atoms with E-state index in [9.17, 15) is 4.79 Å². The zero-order valence-corrected chi connectivity index (χ0v) is 12.9. The number of carbonyl (C=O) groups is 1. The molecule has 1 atom stereocenters. The van der Waals surface area contributed by atoms with Crippen molar-refractivity contribution in [2.45, 2.75) is 25.1 Å². The van der Waals surface area contributed by atoms with Crippen molar-refractivity contribution >= 4 is 17.7 Å². The minimum atomic E-state index is 0.230. The van der Waals surface area contributed by atoms with E-state index >= 15 is 0 Å². The summed E-state index contributed by atoms with van der Waals surface area (Å²) in [5.41, 5.74) is 2.55. The first-order valence-corrected chi connectivity index (χ1v) is 8.58. The number of rotatable bonds is 3. The van der Waals surface area contributed by atoms with E-state index in [-0.39, 0.29) is 5.37 Å². The van der Waals surface area contributed by atoms with Gasteiger partial charge < -0.3 is 10.2 Å². The molecule has 1 aromatic rings. The van der Waals surface area contributed by atoms with E-state index in [4.69, 9.17) is 0 Å². The Morgan fingerprint density at radius 1 is 1.35 bits per heavy atom. The average Bonchev–Trinajstić information content (AvgIpc) is 2.82. The topological polar surface area (TPSA) is 36.9 Å². The molecule has 2 aliphatic rings. The summed E-state index contributed by atoms with van der Waals surface area (Å²) in [6, 6.07) is 8.59. The van der Waals surface area contributed by atoms with Gasteiger partial charge in [-0.05, 0) is 18.4 Å². The van der Waals surface area contributed by atoms with Crippen molar-refractivity contribution in [2.24, 2.45) is 5.92 Å². The SMILES string of the molecule is Cc1cccc([C@H]2SCC(=O)N2CC2CC[NH2+]CC2)c1. The standard InChI is InChI=1S/C16H22N2OS/c1-12-3-2-4-14(9-12)16-18(15(19)11-20-16)10-13-5-7-17-8-6-13/h2-4,9,13,16-17H,5-8,10-11H2,1H3/p+1/t16-/m1/s1. The van der Waals surface area contributed by atoms with E-state index in [0.29, 0.717) is 17.6 Å². The number of hydrogen-bond donors (Lipinski definition) is 1. The lowest BCUT2D eigenvalue weighted by Crippen LogP contribution is -2.86. The number of piperidine rings is 1. The minimum absolute atomic E-state index is 0.230. The summed E-state index contributed by atoms with van der Waals surface area (Å²) in [6.07, 6.45) is 2.49. The van der Waals surface area contributed by atoms with E-state index in [1.165, 1.54) is 37.1 Å². The average molecular weight is 291 g/mol. The Morgan fingerprint density at radius 3 is 2.90 bits per heavy atom. The molecule has 0 aliphatic carbocycles. The summed E-state index contributed by atoms with van der Waals surface area (Å²) in [4.78, 5) is 14.3. The van der Waals surface area contributed by atoms with Crippen molar-refractivity contribution < 1.29 is 10.1 Å². The van der Waals surface area contributed by atoms with E-state index in [1.807, 2.05) is 0 Å². The Morgan fingerprint density at radius 2 is 2.15 bits per heavy atom. The van der Waals surface area contributed by atoms with Gasteiger partial charge in [-0.15, -0.1) is 11.8 Å². The van der Waals surface area contributed by atoms with Crippen molar-refractivity contribution in [2.75, 3.05) is 25.4 Å². The van der Waals surface area contributed by atoms with Crippen LogP contribution in [-0.4, -0.2) is 36.2 Å². The lowest BCUT2D eigenvalue weighted by atomic mass is 9.97. The molecule has 4 heteroatoms. The quantitative estimate of drug-likeness (QED) is 0.917. The van der Waals surface area contributed by atoms with E-state index in [1.54, 1.807) is 11.8 Å². The molecule has 3 nitrogen and oxygen atoms in total. The molecule has 0 unspecified atom stereocenters. The lowest BCUT2D eigenvalue weighted by Gasteiger charge is -2.30. The third-order valence-electron chi connectivity index (χ3n) is 4.31. The number of benzene rings is 1. The number of amides is 1. The van der Waals surface area contributed by atoms with Crippen molar-refractivity contribution in [3.63, 3.8) is 0 Å². The van der Waals surface area contributed by atoms with Crippen LogP contribution < -0.4 is 5.32 Å². The molecule has 2 fully saturated rings. The summed E-state index contributed by atoms with van der Waals surface area (Å²) in [5.74, 6) is 1.64. The molecule has 2 N–H and O–H groups in total. The summed E-state index contributed by atoms with van der Waals surface area (Å²) < 4.78 is 0. The van der Waals surface area contributed by atoms with Gasteiger partial charge in [0.1, 0.15) is 5.37 Å². The molecule has 0 saturated carbocycles. The number of nitrogens with two attached hydrogens (primary N) is 1. The smallest absolute Gasteiger partial charge is 0.233 e. The molecular formula is C16H23N2OS+. The normalized spacial score (nSPS) is 24.4. The maximum atomic E-state index is 12.2. The Bertz CT molecular complexity index is 485. The molecule has 20 heavy (non-hydrogen) atoms. The molecule has 2 saturated heterocycles. The van der Waals surface area contributed by atoms with E-state index in [2.05, 4.69) is 41.4 Å². The number of quaternary nitrogens is 1. The number of nitrogens with zero attached hydrogens (tertiary/aromatic N) is 1. The third-order valence-corrected chi connectivity index (χ3v) is 5.56. The maximum absolute atomic E-state index is 12.2. The summed E-state index contributed by atoms with van der Waals surface area (Å²) in [7, 11) is 0. The van der Waals surface area contributed by atoms with E-state index in [0.717, 1.165) is 6.54 Å². The molecule has 0 aromatic heterocycles. The van der Waals surface area contributed by atoms with Gasteiger partial charge in [-0.1, -0.05) is 29.8 Å². The van der Waals surface area contributed by atoms with Gasteiger partial charge in [0.25, 0.3) is 0 Å². The minimum Gasteiger partial charge on any atom is -0.346 e. The first kappa shape index (κ1) is 14.0. The van der Waals surface area contributed by atoms with Gasteiger partial charge in [-0.3, -0.25) is 4.79 Å². The van der Waals surface area contributed by atoms with Crippen molar-refractivity contribution in [3.05, 3.63) is 35.4 Å². The Balaban J connectivity index is 1.74. The highest BCUT2D eigenvalue weighted by molar-refractivity contribution is 8.00. The predicted octanol–water partition coefficient (Wildman–Crippen LogP) is 1.54. The molecule has 0 bridgehead atoms. The Hall–Kier alpha value is -1.00. The number of carbonyl (C=O) groups excluding carboxylic acids is 1. The van der Waals surface area contributed by atoms with Crippen LogP contribution in [0.3, 0.4) is 0 Å². The Kier molecular flexibility index (Phi) is 4.32. The zero-order chi connectivity index (χ0) is 13.9. The van der Waals surface area contributed by atoms with Crippen LogP contribution in [0.1, 0.15) is 29.3 Å². The Labute approximate surface area is 125 Å². The number of aryl methyl sites for hydroxylation is 1. The van der Waals surface area contributed by atoms with Crippen LogP contribution in [0.4, 0.5) is 0 Å². The van der Waals surface area contributed by atoms with Crippen molar-refractivity contribution in [1.82, 2.24) is 4.90 Å². The number of thioether (sulfide) groups is 1. The lowest BCUT2D eigenvalue weighted by molar-refractivity contribution is -0.664. The van der Waals surface area contributed by atoms with Crippen LogP contribution in [0, 0.1) is 12.8 Å². The fourth-order valence-electron chi connectivity index (χ4n) is 3.21. The van der Waals surface area contributed by atoms with Gasteiger partial charge in [-0.2, -0.15) is 0 Å². The van der Waals surface area contributed by atoms with Gasteiger partial charge in [0, 0.05) is 19.4 Å². The fraction of sp³-hybridized carbons (Fsp3) is 0.562. The van der Waals surface area contributed by atoms with Gasteiger partial charge in [-0.25, -0.2) is 0 Å². The van der Waals surface area contributed by atoms with Crippen LogP contribution >= 0.6 is 11.8 Å². The molecule has 0 radical (unpaired) electrons. The highest BCUT2D eigenvalue weighted by atomic mass is 32.2. The van der Waals surface area contributed by atoms with Crippen LogP contribution in [0.2, 0.25) is 0 Å². The molecular weight excluding hydrogens is 268 g/mol. The second kappa shape index (κ2) is 6.19. The monoisotopic (exact) mass is 291 g/mol. The van der Waals surface area contributed by atoms with Crippen LogP contribution in [-0.2, 0) is 4.79 Å². The number of hydrogen-bond acceptors (Lipinski definition) is 2. The van der Waals surface area contributed by atoms with Gasteiger partial charge in [0.05, 0.1) is 18.8 Å². The molecule has 1 amide bonds. The van der Waals surface area contributed by atoms with Crippen molar-refractivity contribution in [1.29, 1.82) is 0 Å². The highest BCUT2D eigenvalue weighted by Crippen LogP contribution is 2.39. The third kappa shape index (κ3) is 3.01. The molecule has 1 aromatic carbocycles. The maximum Gasteiger partial charge on any atom is 0.233 e. The first-order chi connectivity index (χ1) is 9.74. The molecule has 2 aliphatic heterocycles. The second-order valence-corrected chi connectivity index (χ2v) is 7.00. The van der Waals surface area contributed by atoms with Gasteiger partial charge in [0.2, 0.25) is 5.91 Å². The molecule has 3 rings (SSSR count). The largest absolute Gasteiger partial charge is 0.346 e. The molecule has 2 heterocycles. The fourth-order valence-corrected chi connectivity index (χ4v) is 4.40. The first-order valence-electron chi connectivity index (χ1n) is 7.53. The zero-order valence-electron chi connectivity index (χ0n) is 12.0. The van der Waals surface area contributed by atoms with Gasteiger partial charge in [0.15, 0.2) is 0 Å². The molecule has 0 spiro atoms. The highest BCUT2D eigenvalue weighted by Gasteiger charge is 2.34. The van der Waals surface area contributed by atoms with E-state index < -0.39 is 0 Å². The van der Waals surface area contributed by atoms with Crippen LogP contribution in [0.15, 0.2) is 24.3 Å². The summed E-state index contributed by atoms with van der Waals surface area (Å²) in [5, 5.41) is 2.61. The summed E-state index contributed by atoms with van der Waals surface area (Å²) in [6.45, 7) is 5.49. The second-order valence-electron chi connectivity index (χ2n) is 5.93. The molecule has 108 valence electrons. The summed E-state index contributed by atoms with van der Waals surface area (Å²) >= 11 is 1.78. The van der Waals surface area contributed by atoms with Crippen LogP contribution in [0.5, 0.6) is 0 Å². The van der Waals surface area contributed by atoms with Gasteiger partial charge >= 0.3 is 0 Å². The van der Waals surface area contributed by atoms with Crippen molar-refractivity contribution in [3.8, 4) is 0 Å². The van der Waals surface area contributed by atoms with Crippen LogP contribution in [0.25, 0.3) is 0 Å². The predicted molar refractivity (Wildman–Crippen MR) is 82.5 cm³/mol.